The minimum absolute atomic E-state index is 0.136. The van der Waals surface area contributed by atoms with Gasteiger partial charge in [0.15, 0.2) is 0 Å². The number of carbonyl (C=O) groups is 1. The van der Waals surface area contributed by atoms with Gasteiger partial charge in [0.2, 0.25) is 5.91 Å². The van der Waals surface area contributed by atoms with E-state index in [-0.39, 0.29) is 11.7 Å². The van der Waals surface area contributed by atoms with Crippen molar-refractivity contribution in [3.05, 3.63) is 70.1 Å². The fraction of sp³-hybridized carbons (Fsp3) is 0.273. The zero-order valence-electron chi connectivity index (χ0n) is 14.9. The number of hydrogen-bond donors (Lipinski definition) is 0. The third kappa shape index (κ3) is 2.37. The molecule has 0 bridgehead atoms. The first-order valence-electron chi connectivity index (χ1n) is 9.10. The fourth-order valence-electron chi connectivity index (χ4n) is 4.87. The molecule has 5 heteroatoms. The lowest BCUT2D eigenvalue weighted by atomic mass is 9.57. The molecule has 1 fully saturated rings. The number of likely N-dealkylation sites (N-methyl/N-ethyl adjacent to an activating group) is 1. The summed E-state index contributed by atoms with van der Waals surface area (Å²) in [4.78, 5) is 19.3. The average molecular weight is 425 g/mol. The highest BCUT2D eigenvalue weighted by Crippen LogP contribution is 2.58. The van der Waals surface area contributed by atoms with Crippen LogP contribution in [0.5, 0.6) is 0 Å². The molecule has 0 unspecified atom stereocenters. The van der Waals surface area contributed by atoms with Gasteiger partial charge in [0.05, 0.1) is 27.3 Å². The first-order valence-corrected chi connectivity index (χ1v) is 9.89. The summed E-state index contributed by atoms with van der Waals surface area (Å²) in [5.74, 6) is 0.275. The Balaban J connectivity index is 1.57. The van der Waals surface area contributed by atoms with Crippen LogP contribution in [0.4, 0.5) is 10.1 Å². The van der Waals surface area contributed by atoms with Gasteiger partial charge in [-0.3, -0.25) is 9.78 Å². The van der Waals surface area contributed by atoms with E-state index in [0.29, 0.717) is 15.9 Å². The molecule has 2 aliphatic rings. The molecule has 1 aromatic heterocycles. The molecule has 3 nitrogen and oxygen atoms in total. The van der Waals surface area contributed by atoms with Crippen LogP contribution in [0.3, 0.4) is 0 Å². The molecule has 1 saturated carbocycles. The predicted octanol–water partition coefficient (Wildman–Crippen LogP) is 5.00. The summed E-state index contributed by atoms with van der Waals surface area (Å²) in [6.07, 6.45) is 4.34. The number of anilines is 1. The molecule has 0 atom stereocenters. The average Bonchev–Trinajstić information content (AvgIpc) is 2.86. The van der Waals surface area contributed by atoms with Crippen molar-refractivity contribution in [2.75, 3.05) is 11.9 Å². The maximum Gasteiger partial charge on any atom is 0.237 e. The Kier molecular flexibility index (Phi) is 3.66. The van der Waals surface area contributed by atoms with Crippen molar-refractivity contribution in [2.45, 2.75) is 24.7 Å². The van der Waals surface area contributed by atoms with Crippen LogP contribution in [0.1, 0.15) is 24.0 Å². The molecular weight excluding hydrogens is 407 g/mol. The number of halogens is 2. The molecule has 1 spiro atoms. The van der Waals surface area contributed by atoms with Crippen molar-refractivity contribution >= 4 is 38.4 Å². The van der Waals surface area contributed by atoms with Gasteiger partial charge in [-0.25, -0.2) is 4.39 Å². The van der Waals surface area contributed by atoms with Gasteiger partial charge in [0, 0.05) is 24.1 Å². The number of carbonyl (C=O) groups excluding carboxylic acids is 1. The first-order chi connectivity index (χ1) is 13.0. The van der Waals surface area contributed by atoms with Crippen molar-refractivity contribution in [1.29, 1.82) is 0 Å². The van der Waals surface area contributed by atoms with Crippen LogP contribution in [-0.4, -0.2) is 17.9 Å². The molecule has 1 amide bonds. The molecule has 2 aromatic carbocycles. The summed E-state index contributed by atoms with van der Waals surface area (Å²) < 4.78 is 14.4. The van der Waals surface area contributed by atoms with Crippen molar-refractivity contribution < 1.29 is 9.18 Å². The summed E-state index contributed by atoms with van der Waals surface area (Å²) in [7, 11) is 1.81. The lowest BCUT2D eigenvalue weighted by Gasteiger charge is -2.44. The molecule has 136 valence electrons. The third-order valence-electron chi connectivity index (χ3n) is 6.09. The van der Waals surface area contributed by atoms with Crippen LogP contribution < -0.4 is 4.90 Å². The highest BCUT2D eigenvalue weighted by Gasteiger charge is 2.58. The molecule has 1 aliphatic carbocycles. The number of pyridine rings is 1. The Morgan fingerprint density at radius 3 is 2.74 bits per heavy atom. The van der Waals surface area contributed by atoms with Gasteiger partial charge >= 0.3 is 0 Å². The highest BCUT2D eigenvalue weighted by atomic mass is 79.9. The van der Waals surface area contributed by atoms with Crippen LogP contribution in [0.25, 0.3) is 10.9 Å². The van der Waals surface area contributed by atoms with Gasteiger partial charge in [0.1, 0.15) is 5.82 Å². The number of aromatic nitrogens is 1. The summed E-state index contributed by atoms with van der Waals surface area (Å²) >= 11 is 3.29. The standard InChI is InChI=1S/C22H18BrFN2O/c1-26-19-12-25-18-9-17(24)16(23)8-15(18)20(19)22(21(26)27)10-14(11-22)7-13-5-3-2-4-6-13/h2-6,8-9,12,14H,7,10-11H2,1H3. The van der Waals surface area contributed by atoms with Crippen LogP contribution in [0, 0.1) is 11.7 Å². The number of benzene rings is 2. The number of amides is 1. The third-order valence-corrected chi connectivity index (χ3v) is 6.69. The molecule has 3 aromatic rings. The van der Waals surface area contributed by atoms with Crippen LogP contribution in [0.2, 0.25) is 0 Å². The lowest BCUT2D eigenvalue weighted by molar-refractivity contribution is -0.127. The van der Waals surface area contributed by atoms with E-state index in [1.165, 1.54) is 11.6 Å². The van der Waals surface area contributed by atoms with Crippen LogP contribution in [-0.2, 0) is 16.6 Å². The summed E-state index contributed by atoms with van der Waals surface area (Å²) in [5.41, 5.74) is 3.28. The summed E-state index contributed by atoms with van der Waals surface area (Å²) in [6.45, 7) is 0. The Morgan fingerprint density at radius 1 is 1.26 bits per heavy atom. The van der Waals surface area contributed by atoms with Crippen molar-refractivity contribution in [3.63, 3.8) is 0 Å². The Bertz CT molecular complexity index is 1080. The second kappa shape index (κ2) is 5.86. The smallest absolute Gasteiger partial charge is 0.237 e. The van der Waals surface area contributed by atoms with Gasteiger partial charge in [-0.2, -0.15) is 0 Å². The zero-order chi connectivity index (χ0) is 18.8. The largest absolute Gasteiger partial charge is 0.313 e. The minimum Gasteiger partial charge on any atom is -0.313 e. The van der Waals surface area contributed by atoms with Crippen molar-refractivity contribution in [2.24, 2.45) is 5.92 Å². The first kappa shape index (κ1) is 16.9. The Hall–Kier alpha value is -2.27. The normalized spacial score (nSPS) is 23.7. The van der Waals surface area contributed by atoms with E-state index in [1.807, 2.05) is 13.1 Å². The molecule has 0 N–H and O–H groups in total. The van der Waals surface area contributed by atoms with Crippen LogP contribution >= 0.6 is 15.9 Å². The number of fused-ring (bicyclic) bond motifs is 4. The molecule has 2 heterocycles. The van der Waals surface area contributed by atoms with Gasteiger partial charge < -0.3 is 4.90 Å². The number of hydrogen-bond acceptors (Lipinski definition) is 2. The molecule has 1 aliphatic heterocycles. The summed E-state index contributed by atoms with van der Waals surface area (Å²) in [5, 5.41) is 0.872. The Labute approximate surface area is 165 Å². The highest BCUT2D eigenvalue weighted by molar-refractivity contribution is 9.10. The second-order valence-corrected chi connectivity index (χ2v) is 8.57. The molecule has 27 heavy (non-hydrogen) atoms. The maximum absolute atomic E-state index is 14.0. The van der Waals surface area contributed by atoms with E-state index in [9.17, 15) is 9.18 Å². The van der Waals surface area contributed by atoms with E-state index in [0.717, 1.165) is 35.9 Å². The van der Waals surface area contributed by atoms with E-state index >= 15 is 0 Å². The maximum atomic E-state index is 14.0. The topological polar surface area (TPSA) is 33.2 Å². The van der Waals surface area contributed by atoms with Crippen molar-refractivity contribution in [1.82, 2.24) is 4.98 Å². The van der Waals surface area contributed by atoms with E-state index in [2.05, 4.69) is 45.2 Å². The number of rotatable bonds is 2. The van der Waals surface area contributed by atoms with Gasteiger partial charge in [-0.1, -0.05) is 30.3 Å². The van der Waals surface area contributed by atoms with Gasteiger partial charge in [0.25, 0.3) is 0 Å². The SMILES string of the molecule is CN1C(=O)C2(CC(Cc3ccccc3)C2)c2c1cnc1cc(F)c(Br)cc21. The number of nitrogens with zero attached hydrogens (tertiary/aromatic N) is 2. The van der Waals surface area contributed by atoms with E-state index in [4.69, 9.17) is 0 Å². The van der Waals surface area contributed by atoms with E-state index < -0.39 is 5.41 Å². The molecule has 0 saturated heterocycles. The summed E-state index contributed by atoms with van der Waals surface area (Å²) in [6, 6.07) is 13.6. The van der Waals surface area contributed by atoms with Gasteiger partial charge in [-0.05, 0) is 52.7 Å². The minimum atomic E-state index is -0.498. The quantitative estimate of drug-likeness (QED) is 0.579. The monoisotopic (exact) mass is 424 g/mol. The molecular formula is C22H18BrFN2O. The lowest BCUT2D eigenvalue weighted by Crippen LogP contribution is -2.49. The molecule has 0 radical (unpaired) electrons. The Morgan fingerprint density at radius 2 is 2.00 bits per heavy atom. The second-order valence-electron chi connectivity index (χ2n) is 7.71. The van der Waals surface area contributed by atoms with Gasteiger partial charge in [-0.15, -0.1) is 0 Å². The van der Waals surface area contributed by atoms with E-state index in [1.54, 1.807) is 17.2 Å². The fourth-order valence-corrected chi connectivity index (χ4v) is 5.21. The predicted molar refractivity (Wildman–Crippen MR) is 107 cm³/mol. The van der Waals surface area contributed by atoms with Crippen LogP contribution in [0.15, 0.2) is 53.1 Å². The van der Waals surface area contributed by atoms with Crippen molar-refractivity contribution in [3.8, 4) is 0 Å². The zero-order valence-corrected chi connectivity index (χ0v) is 16.5. The molecule has 5 rings (SSSR count).